The molecule has 7 heteroatoms. The Kier molecular flexibility index (Phi) is 6.84. The Balaban J connectivity index is 2.05. The lowest BCUT2D eigenvalue weighted by Crippen LogP contribution is -2.38. The number of aromatic nitrogens is 1. The van der Waals surface area contributed by atoms with Gasteiger partial charge >= 0.3 is 0 Å². The van der Waals surface area contributed by atoms with E-state index >= 15 is 0 Å². The smallest absolute Gasteiger partial charge is 0.295 e. The first kappa shape index (κ1) is 21.5. The number of aliphatic hydroxyl groups excluding tert-OH is 1. The molecule has 0 bridgehead atoms. The lowest BCUT2D eigenvalue weighted by Gasteiger charge is -2.28. The second-order valence-electron chi connectivity index (χ2n) is 7.03. The van der Waals surface area contributed by atoms with E-state index in [1.54, 1.807) is 49.8 Å². The van der Waals surface area contributed by atoms with Crippen LogP contribution in [0.25, 0.3) is 5.76 Å². The Morgan fingerprint density at radius 3 is 2.43 bits per heavy atom. The van der Waals surface area contributed by atoms with Crippen LogP contribution in [0.1, 0.15) is 31.0 Å². The molecule has 3 rings (SSSR count). The maximum absolute atomic E-state index is 13.0. The molecule has 158 valence electrons. The van der Waals surface area contributed by atoms with Crippen LogP contribution in [0.15, 0.2) is 54.4 Å². The molecule has 1 aromatic heterocycles. The van der Waals surface area contributed by atoms with Gasteiger partial charge in [-0.05, 0) is 49.0 Å². The van der Waals surface area contributed by atoms with Gasteiger partial charge in [0.2, 0.25) is 0 Å². The number of carbonyl (C=O) groups is 2. The average molecular weight is 409 g/mol. The van der Waals surface area contributed by atoms with Gasteiger partial charge in [-0.25, -0.2) is 0 Å². The minimum atomic E-state index is -0.684. The van der Waals surface area contributed by atoms with E-state index in [4.69, 9.17) is 4.74 Å². The monoisotopic (exact) mass is 409 g/mol. The molecule has 0 unspecified atom stereocenters. The highest BCUT2D eigenvalue weighted by molar-refractivity contribution is 6.46. The molecule has 0 spiro atoms. The highest BCUT2D eigenvalue weighted by atomic mass is 16.5. The van der Waals surface area contributed by atoms with E-state index in [2.05, 4.69) is 23.7 Å². The number of aliphatic hydroxyl groups is 1. The molecule has 1 atom stereocenters. The van der Waals surface area contributed by atoms with E-state index in [1.807, 2.05) is 6.07 Å². The number of nitrogens with zero attached hydrogens (tertiary/aromatic N) is 3. The van der Waals surface area contributed by atoms with Crippen LogP contribution in [-0.2, 0) is 9.59 Å². The topological polar surface area (TPSA) is 83.0 Å². The van der Waals surface area contributed by atoms with Gasteiger partial charge in [0.05, 0.1) is 18.7 Å². The maximum atomic E-state index is 13.0. The van der Waals surface area contributed by atoms with Gasteiger partial charge in [-0.3, -0.25) is 14.6 Å². The Hall–Kier alpha value is -3.19. The zero-order chi connectivity index (χ0) is 21.7. The number of benzene rings is 1. The predicted octanol–water partition coefficient (Wildman–Crippen LogP) is 2.85. The normalized spacial score (nSPS) is 18.3. The van der Waals surface area contributed by atoms with Crippen molar-refractivity contribution in [3.63, 3.8) is 0 Å². The van der Waals surface area contributed by atoms with Gasteiger partial charge in [-0.2, -0.15) is 0 Å². The highest BCUT2D eigenvalue weighted by Gasteiger charge is 2.46. The number of carbonyl (C=O) groups excluding carboxylic acids is 2. The van der Waals surface area contributed by atoms with E-state index in [9.17, 15) is 14.7 Å². The number of ketones is 1. The molecule has 1 aliphatic rings. The third-order valence-corrected chi connectivity index (χ3v) is 5.46. The van der Waals surface area contributed by atoms with Crippen molar-refractivity contribution in [1.82, 2.24) is 14.8 Å². The summed E-state index contributed by atoms with van der Waals surface area (Å²) in [4.78, 5) is 33.7. The first-order valence-electron chi connectivity index (χ1n) is 10.1. The zero-order valence-corrected chi connectivity index (χ0v) is 17.5. The summed E-state index contributed by atoms with van der Waals surface area (Å²) in [5.41, 5.74) is 1.22. The number of amides is 1. The number of hydrogen-bond acceptors (Lipinski definition) is 6. The number of methoxy groups -OCH3 is 1. The van der Waals surface area contributed by atoms with Gasteiger partial charge in [-0.15, -0.1) is 0 Å². The van der Waals surface area contributed by atoms with Crippen LogP contribution in [0.3, 0.4) is 0 Å². The second kappa shape index (κ2) is 9.54. The average Bonchev–Trinajstić information content (AvgIpc) is 3.05. The summed E-state index contributed by atoms with van der Waals surface area (Å²) in [6.45, 7) is 6.83. The van der Waals surface area contributed by atoms with Crippen LogP contribution in [0, 0.1) is 0 Å². The van der Waals surface area contributed by atoms with Crippen molar-refractivity contribution in [1.29, 1.82) is 0 Å². The number of likely N-dealkylation sites (N-methyl/N-ethyl adjacent to an activating group) is 1. The maximum Gasteiger partial charge on any atom is 0.295 e. The van der Waals surface area contributed by atoms with Gasteiger partial charge in [0, 0.05) is 31.0 Å². The van der Waals surface area contributed by atoms with Crippen molar-refractivity contribution in [2.75, 3.05) is 33.3 Å². The summed E-state index contributed by atoms with van der Waals surface area (Å²) >= 11 is 0. The third-order valence-electron chi connectivity index (χ3n) is 5.46. The fraction of sp³-hybridized carbons (Fsp3) is 0.348. The fourth-order valence-electron chi connectivity index (χ4n) is 3.69. The molecule has 1 fully saturated rings. The Morgan fingerprint density at radius 2 is 1.87 bits per heavy atom. The Bertz CT molecular complexity index is 921. The predicted molar refractivity (Wildman–Crippen MR) is 114 cm³/mol. The van der Waals surface area contributed by atoms with Crippen LogP contribution < -0.4 is 4.74 Å². The second-order valence-corrected chi connectivity index (χ2v) is 7.03. The summed E-state index contributed by atoms with van der Waals surface area (Å²) < 4.78 is 5.16. The number of likely N-dealkylation sites (tertiary alicyclic amines) is 1. The molecule has 1 saturated heterocycles. The molecular weight excluding hydrogens is 382 g/mol. The molecule has 30 heavy (non-hydrogen) atoms. The van der Waals surface area contributed by atoms with E-state index in [0.29, 0.717) is 30.0 Å². The van der Waals surface area contributed by atoms with Crippen molar-refractivity contribution in [2.24, 2.45) is 0 Å². The van der Waals surface area contributed by atoms with Gasteiger partial charge in [0.1, 0.15) is 11.5 Å². The summed E-state index contributed by atoms with van der Waals surface area (Å²) in [7, 11) is 1.55. The molecule has 2 heterocycles. The Morgan fingerprint density at radius 1 is 1.17 bits per heavy atom. The molecule has 7 nitrogen and oxygen atoms in total. The minimum Gasteiger partial charge on any atom is -0.507 e. The first-order valence-corrected chi connectivity index (χ1v) is 10.1. The van der Waals surface area contributed by atoms with Crippen LogP contribution >= 0.6 is 0 Å². The number of Topliss-reactive ketones (excluding diaryl/α,β-unsaturated/α-hetero) is 1. The standard InChI is InChI=1S/C23H27N3O4/c1-4-25(5-2)13-14-26-20(17-7-6-12-24-15-17)19(22(28)23(26)29)21(27)16-8-10-18(30-3)11-9-16/h6-12,15,20,27H,4-5,13-14H2,1-3H3/t20-/m1/s1. The van der Waals surface area contributed by atoms with Gasteiger partial charge in [0.15, 0.2) is 0 Å². The number of pyridine rings is 1. The quantitative estimate of drug-likeness (QED) is 0.410. The number of rotatable bonds is 8. The van der Waals surface area contributed by atoms with Crippen LogP contribution in [0.5, 0.6) is 5.75 Å². The first-order chi connectivity index (χ1) is 14.5. The van der Waals surface area contributed by atoms with E-state index in [-0.39, 0.29) is 11.3 Å². The highest BCUT2D eigenvalue weighted by Crippen LogP contribution is 2.39. The third kappa shape index (κ3) is 4.21. The SMILES string of the molecule is CCN(CC)CCN1C(=O)C(=O)C(=C(O)c2ccc(OC)cc2)[C@H]1c1cccnc1. The molecule has 0 aliphatic carbocycles. The largest absolute Gasteiger partial charge is 0.507 e. The molecule has 1 amide bonds. The van der Waals surface area contributed by atoms with Crippen molar-refractivity contribution in [3.05, 3.63) is 65.5 Å². The molecule has 1 aliphatic heterocycles. The van der Waals surface area contributed by atoms with Gasteiger partial charge < -0.3 is 19.6 Å². The van der Waals surface area contributed by atoms with Crippen LogP contribution in [0.4, 0.5) is 0 Å². The van der Waals surface area contributed by atoms with Crippen molar-refractivity contribution >= 4 is 17.4 Å². The number of hydrogen-bond donors (Lipinski definition) is 1. The summed E-state index contributed by atoms with van der Waals surface area (Å²) in [6, 6.07) is 9.61. The van der Waals surface area contributed by atoms with E-state index in [1.165, 1.54) is 4.90 Å². The Labute approximate surface area is 176 Å². The molecule has 1 aromatic carbocycles. The molecular formula is C23H27N3O4. The molecule has 0 saturated carbocycles. The lowest BCUT2D eigenvalue weighted by atomic mass is 9.96. The van der Waals surface area contributed by atoms with Crippen molar-refractivity contribution < 1.29 is 19.4 Å². The van der Waals surface area contributed by atoms with Gasteiger partial charge in [0.25, 0.3) is 11.7 Å². The molecule has 2 aromatic rings. The van der Waals surface area contributed by atoms with E-state index in [0.717, 1.165) is 13.1 Å². The molecule has 0 radical (unpaired) electrons. The van der Waals surface area contributed by atoms with Gasteiger partial charge in [-0.1, -0.05) is 19.9 Å². The van der Waals surface area contributed by atoms with Crippen LogP contribution in [0.2, 0.25) is 0 Å². The van der Waals surface area contributed by atoms with E-state index < -0.39 is 17.7 Å². The van der Waals surface area contributed by atoms with Crippen molar-refractivity contribution in [3.8, 4) is 5.75 Å². The summed E-state index contributed by atoms with van der Waals surface area (Å²) in [5.74, 6) is -0.854. The molecule has 1 N–H and O–H groups in total. The summed E-state index contributed by atoms with van der Waals surface area (Å²) in [6.07, 6.45) is 3.26. The van der Waals surface area contributed by atoms with Crippen molar-refractivity contribution in [2.45, 2.75) is 19.9 Å². The lowest BCUT2D eigenvalue weighted by molar-refractivity contribution is -0.140. The minimum absolute atomic E-state index is 0.0812. The van der Waals surface area contributed by atoms with Crippen LogP contribution in [-0.4, -0.2) is 64.9 Å². The number of ether oxygens (including phenoxy) is 1. The zero-order valence-electron chi connectivity index (χ0n) is 17.5. The summed E-state index contributed by atoms with van der Waals surface area (Å²) in [5, 5.41) is 11.0. The fourth-order valence-corrected chi connectivity index (χ4v) is 3.69.